The van der Waals surface area contributed by atoms with Crippen LogP contribution >= 0.6 is 0 Å². The topological polar surface area (TPSA) is 86.3 Å². The van der Waals surface area contributed by atoms with Crippen molar-refractivity contribution in [3.05, 3.63) is 22.2 Å². The van der Waals surface area contributed by atoms with Crippen LogP contribution in [0.15, 0.2) is 10.9 Å². The maximum absolute atomic E-state index is 11.3. The third kappa shape index (κ3) is 2.39. The molecule has 0 aromatic carbocycles. The third-order valence-corrected chi connectivity index (χ3v) is 2.56. The summed E-state index contributed by atoms with van der Waals surface area (Å²) < 4.78 is 0. The fourth-order valence-corrected chi connectivity index (χ4v) is 1.86. The minimum Gasteiger partial charge on any atom is -0.481 e. The number of carbonyl (C=O) groups is 1. The zero-order chi connectivity index (χ0) is 11.5. The summed E-state index contributed by atoms with van der Waals surface area (Å²) in [7, 11) is 0. The van der Waals surface area contributed by atoms with Crippen molar-refractivity contribution in [2.75, 3.05) is 18.0 Å². The highest BCUT2D eigenvalue weighted by molar-refractivity contribution is 5.69. The van der Waals surface area contributed by atoms with Crippen LogP contribution < -0.4 is 10.6 Å². The van der Waals surface area contributed by atoms with Crippen molar-refractivity contribution in [2.24, 2.45) is 0 Å². The third-order valence-electron chi connectivity index (χ3n) is 2.56. The summed E-state index contributed by atoms with van der Waals surface area (Å²) in [6, 6.07) is 1.64. The lowest BCUT2D eigenvalue weighted by Crippen LogP contribution is -2.24. The van der Waals surface area contributed by atoms with Gasteiger partial charge in [-0.3, -0.25) is 4.79 Å². The molecule has 6 nitrogen and oxygen atoms in total. The number of anilines is 1. The first-order chi connectivity index (χ1) is 7.65. The summed E-state index contributed by atoms with van der Waals surface area (Å²) in [4.78, 5) is 30.1. The van der Waals surface area contributed by atoms with Gasteiger partial charge in [0.25, 0.3) is 0 Å². The van der Waals surface area contributed by atoms with Gasteiger partial charge in [0.1, 0.15) is 5.82 Å². The fourth-order valence-electron chi connectivity index (χ4n) is 1.86. The first-order valence-corrected chi connectivity index (χ1v) is 5.22. The summed E-state index contributed by atoms with van der Waals surface area (Å²) in [5.74, 6) is -0.383. The Balaban J connectivity index is 2.27. The molecule has 2 rings (SSSR count). The number of aromatic nitrogens is 2. The number of aliphatic carboxylic acids is 1. The molecule has 0 spiro atoms. The number of nitrogens with zero attached hydrogens (tertiary/aromatic N) is 2. The van der Waals surface area contributed by atoms with Gasteiger partial charge in [-0.15, -0.1) is 0 Å². The number of hydrogen-bond acceptors (Lipinski definition) is 4. The summed E-state index contributed by atoms with van der Waals surface area (Å²) >= 11 is 0. The summed E-state index contributed by atoms with van der Waals surface area (Å²) in [5, 5.41) is 8.66. The highest BCUT2D eigenvalue weighted by Crippen LogP contribution is 2.16. The Labute approximate surface area is 91.9 Å². The molecular formula is C10H13N3O3. The Kier molecular flexibility index (Phi) is 2.89. The predicted octanol–water partition coefficient (Wildman–Crippen LogP) is -0.00280. The van der Waals surface area contributed by atoms with Gasteiger partial charge in [-0.2, -0.15) is 4.98 Å². The molecule has 1 aromatic heterocycles. The molecule has 2 heterocycles. The van der Waals surface area contributed by atoms with Crippen LogP contribution in [0.25, 0.3) is 0 Å². The number of aromatic amines is 1. The smallest absolute Gasteiger partial charge is 0.347 e. The van der Waals surface area contributed by atoms with Crippen LogP contribution in [0.1, 0.15) is 18.5 Å². The molecule has 1 fully saturated rings. The zero-order valence-corrected chi connectivity index (χ0v) is 8.77. The first kappa shape index (κ1) is 10.7. The monoisotopic (exact) mass is 223 g/mol. The molecular weight excluding hydrogens is 210 g/mol. The number of carboxylic acid groups (broad SMARTS) is 1. The number of nitrogens with one attached hydrogen (secondary N) is 1. The van der Waals surface area contributed by atoms with Crippen LogP contribution in [0.5, 0.6) is 0 Å². The molecule has 0 atom stereocenters. The normalized spacial score (nSPS) is 15.4. The van der Waals surface area contributed by atoms with E-state index < -0.39 is 11.7 Å². The standard InChI is InChI=1S/C10H13N3O3/c14-9(15)6-7-5-8(12-10(16)11-7)13-3-1-2-4-13/h5H,1-4,6H2,(H,14,15)(H,11,12,16). The average molecular weight is 223 g/mol. The van der Waals surface area contributed by atoms with Gasteiger partial charge in [-0.1, -0.05) is 0 Å². The summed E-state index contributed by atoms with van der Waals surface area (Å²) in [5.41, 5.74) is -0.0879. The van der Waals surface area contributed by atoms with Crippen LogP contribution in [-0.2, 0) is 11.2 Å². The second kappa shape index (κ2) is 4.34. The van der Waals surface area contributed by atoms with Gasteiger partial charge in [-0.25, -0.2) is 4.79 Å². The number of carboxylic acids is 1. The van der Waals surface area contributed by atoms with Gasteiger partial charge in [-0.05, 0) is 12.8 Å². The van der Waals surface area contributed by atoms with Crippen molar-refractivity contribution in [1.29, 1.82) is 0 Å². The van der Waals surface area contributed by atoms with Gasteiger partial charge >= 0.3 is 11.7 Å². The Bertz CT molecular complexity index is 449. The predicted molar refractivity (Wildman–Crippen MR) is 57.6 cm³/mol. The highest BCUT2D eigenvalue weighted by atomic mass is 16.4. The van der Waals surface area contributed by atoms with Gasteiger partial charge in [0, 0.05) is 24.8 Å². The van der Waals surface area contributed by atoms with Crippen LogP contribution in [-0.4, -0.2) is 34.1 Å². The van der Waals surface area contributed by atoms with Crippen molar-refractivity contribution < 1.29 is 9.90 Å². The lowest BCUT2D eigenvalue weighted by atomic mass is 10.3. The molecule has 0 unspecified atom stereocenters. The molecule has 0 aliphatic carbocycles. The van der Waals surface area contributed by atoms with E-state index in [1.54, 1.807) is 6.07 Å². The molecule has 0 bridgehead atoms. The van der Waals surface area contributed by atoms with Crippen molar-refractivity contribution in [2.45, 2.75) is 19.3 Å². The van der Waals surface area contributed by atoms with Gasteiger partial charge in [0.05, 0.1) is 6.42 Å². The molecule has 2 N–H and O–H groups in total. The number of H-pyrrole nitrogens is 1. The molecule has 1 saturated heterocycles. The summed E-state index contributed by atoms with van der Waals surface area (Å²) in [6.45, 7) is 1.76. The molecule has 16 heavy (non-hydrogen) atoms. The second-order valence-electron chi connectivity index (χ2n) is 3.83. The van der Waals surface area contributed by atoms with Crippen molar-refractivity contribution >= 4 is 11.8 Å². The number of rotatable bonds is 3. The fraction of sp³-hybridized carbons (Fsp3) is 0.500. The van der Waals surface area contributed by atoms with E-state index in [-0.39, 0.29) is 6.42 Å². The molecule has 86 valence electrons. The lowest BCUT2D eigenvalue weighted by Gasteiger charge is -2.15. The Morgan fingerprint density at radius 2 is 2.19 bits per heavy atom. The maximum Gasteiger partial charge on any atom is 0.347 e. The van der Waals surface area contributed by atoms with Crippen molar-refractivity contribution in [3.63, 3.8) is 0 Å². The second-order valence-corrected chi connectivity index (χ2v) is 3.83. The van der Waals surface area contributed by atoms with E-state index in [0.29, 0.717) is 11.5 Å². The minimum atomic E-state index is -0.964. The number of hydrogen-bond donors (Lipinski definition) is 2. The SMILES string of the molecule is O=C(O)Cc1cc(N2CCCC2)nc(=O)[nH]1. The Morgan fingerprint density at radius 3 is 2.81 bits per heavy atom. The molecule has 1 aliphatic rings. The van der Waals surface area contributed by atoms with E-state index in [0.717, 1.165) is 25.9 Å². The maximum atomic E-state index is 11.3. The lowest BCUT2D eigenvalue weighted by molar-refractivity contribution is -0.136. The van der Waals surface area contributed by atoms with E-state index in [1.807, 2.05) is 4.90 Å². The van der Waals surface area contributed by atoms with Crippen LogP contribution in [0.4, 0.5) is 5.82 Å². The van der Waals surface area contributed by atoms with Crippen molar-refractivity contribution in [3.8, 4) is 0 Å². The Hall–Kier alpha value is -1.85. The largest absolute Gasteiger partial charge is 0.481 e. The first-order valence-electron chi connectivity index (χ1n) is 5.22. The molecule has 1 aliphatic heterocycles. The van der Waals surface area contributed by atoms with Gasteiger partial charge in [0.15, 0.2) is 0 Å². The zero-order valence-electron chi connectivity index (χ0n) is 8.77. The van der Waals surface area contributed by atoms with Crippen LogP contribution in [0, 0.1) is 0 Å². The quantitative estimate of drug-likeness (QED) is 0.753. The van der Waals surface area contributed by atoms with E-state index in [9.17, 15) is 9.59 Å². The summed E-state index contributed by atoms with van der Waals surface area (Å²) in [6.07, 6.45) is 1.99. The van der Waals surface area contributed by atoms with Crippen molar-refractivity contribution in [1.82, 2.24) is 9.97 Å². The molecule has 6 heteroatoms. The minimum absolute atomic E-state index is 0.182. The molecule has 0 saturated carbocycles. The Morgan fingerprint density at radius 1 is 1.50 bits per heavy atom. The average Bonchev–Trinajstić information content (AvgIpc) is 2.67. The van der Waals surface area contributed by atoms with Crippen LogP contribution in [0.2, 0.25) is 0 Å². The van der Waals surface area contributed by atoms with E-state index >= 15 is 0 Å². The van der Waals surface area contributed by atoms with Gasteiger partial charge in [0.2, 0.25) is 0 Å². The van der Waals surface area contributed by atoms with E-state index in [4.69, 9.17) is 5.11 Å². The van der Waals surface area contributed by atoms with E-state index in [2.05, 4.69) is 9.97 Å². The highest BCUT2D eigenvalue weighted by Gasteiger charge is 2.15. The molecule has 0 radical (unpaired) electrons. The van der Waals surface area contributed by atoms with Gasteiger partial charge < -0.3 is 15.0 Å². The molecule has 1 aromatic rings. The molecule has 0 amide bonds. The van der Waals surface area contributed by atoms with Crippen LogP contribution in [0.3, 0.4) is 0 Å². The van der Waals surface area contributed by atoms with E-state index in [1.165, 1.54) is 0 Å².